The predicted molar refractivity (Wildman–Crippen MR) is 72.2 cm³/mol. The molecule has 0 radical (unpaired) electrons. The third kappa shape index (κ3) is 2.72. The zero-order chi connectivity index (χ0) is 13.3. The minimum Gasteiger partial charge on any atom is -0.336 e. The zero-order valence-electron chi connectivity index (χ0n) is 10.5. The van der Waals surface area contributed by atoms with Gasteiger partial charge in [-0.1, -0.05) is 15.9 Å². The van der Waals surface area contributed by atoms with Crippen LogP contribution in [0.15, 0.2) is 16.6 Å². The van der Waals surface area contributed by atoms with Crippen molar-refractivity contribution in [3.63, 3.8) is 0 Å². The highest BCUT2D eigenvalue weighted by molar-refractivity contribution is 9.10. The molecule has 1 aromatic carbocycles. The van der Waals surface area contributed by atoms with Crippen LogP contribution < -0.4 is 0 Å². The SMILES string of the molecule is Cc1cc(Br)cc(C(=O)N2CCN(C)CC2)c1F. The van der Waals surface area contributed by atoms with E-state index in [4.69, 9.17) is 0 Å². The van der Waals surface area contributed by atoms with E-state index in [1.807, 2.05) is 7.05 Å². The first kappa shape index (κ1) is 13.5. The lowest BCUT2D eigenvalue weighted by Gasteiger charge is -2.32. The lowest BCUT2D eigenvalue weighted by molar-refractivity contribution is 0.0659. The van der Waals surface area contributed by atoms with Crippen LogP contribution in [0.3, 0.4) is 0 Å². The van der Waals surface area contributed by atoms with Crippen LogP contribution in [-0.4, -0.2) is 48.9 Å². The van der Waals surface area contributed by atoms with Gasteiger partial charge in [0.25, 0.3) is 5.91 Å². The minimum atomic E-state index is -0.415. The fraction of sp³-hybridized carbons (Fsp3) is 0.462. The highest BCUT2D eigenvalue weighted by Crippen LogP contribution is 2.21. The van der Waals surface area contributed by atoms with Gasteiger partial charge >= 0.3 is 0 Å². The van der Waals surface area contributed by atoms with E-state index in [0.717, 1.165) is 17.6 Å². The maximum Gasteiger partial charge on any atom is 0.256 e. The summed E-state index contributed by atoms with van der Waals surface area (Å²) in [6.07, 6.45) is 0. The first-order valence-electron chi connectivity index (χ1n) is 5.92. The van der Waals surface area contributed by atoms with Gasteiger partial charge in [-0.2, -0.15) is 0 Å². The molecule has 1 aromatic rings. The predicted octanol–water partition coefficient (Wildman–Crippen LogP) is 2.28. The monoisotopic (exact) mass is 314 g/mol. The van der Waals surface area contributed by atoms with Gasteiger partial charge in [0.05, 0.1) is 5.56 Å². The molecule has 0 aromatic heterocycles. The third-order valence-corrected chi connectivity index (χ3v) is 3.70. The Labute approximate surface area is 115 Å². The van der Waals surface area contributed by atoms with E-state index in [1.54, 1.807) is 24.0 Å². The summed E-state index contributed by atoms with van der Waals surface area (Å²) in [6, 6.07) is 3.24. The largest absolute Gasteiger partial charge is 0.336 e. The average molecular weight is 315 g/mol. The summed E-state index contributed by atoms with van der Waals surface area (Å²) in [5.74, 6) is -0.632. The van der Waals surface area contributed by atoms with Gasteiger partial charge in [-0.05, 0) is 31.7 Å². The molecule has 18 heavy (non-hydrogen) atoms. The van der Waals surface area contributed by atoms with Gasteiger partial charge in [-0.3, -0.25) is 4.79 Å². The number of amides is 1. The van der Waals surface area contributed by atoms with Crippen molar-refractivity contribution in [2.24, 2.45) is 0 Å². The molecular formula is C13H16BrFN2O. The molecule has 1 amide bonds. The molecule has 0 aliphatic carbocycles. The number of carbonyl (C=O) groups is 1. The van der Waals surface area contributed by atoms with Crippen LogP contribution in [0.25, 0.3) is 0 Å². The van der Waals surface area contributed by atoms with Crippen LogP contribution in [0.2, 0.25) is 0 Å². The lowest BCUT2D eigenvalue weighted by Crippen LogP contribution is -2.47. The molecule has 1 heterocycles. The molecule has 5 heteroatoms. The molecule has 1 fully saturated rings. The van der Waals surface area contributed by atoms with Crippen molar-refractivity contribution in [2.75, 3.05) is 33.2 Å². The number of nitrogens with zero attached hydrogens (tertiary/aromatic N) is 2. The van der Waals surface area contributed by atoms with Crippen molar-refractivity contribution >= 4 is 21.8 Å². The molecule has 98 valence electrons. The van der Waals surface area contributed by atoms with Crippen LogP contribution in [0.5, 0.6) is 0 Å². The molecule has 0 N–H and O–H groups in total. The van der Waals surface area contributed by atoms with Gasteiger partial charge in [-0.25, -0.2) is 4.39 Å². The molecule has 0 saturated carbocycles. The summed E-state index contributed by atoms with van der Waals surface area (Å²) in [5, 5.41) is 0. The maximum atomic E-state index is 14.0. The fourth-order valence-electron chi connectivity index (χ4n) is 2.06. The molecule has 0 unspecified atom stereocenters. The fourth-order valence-corrected chi connectivity index (χ4v) is 2.63. The molecule has 0 spiro atoms. The third-order valence-electron chi connectivity index (χ3n) is 3.24. The second-order valence-electron chi connectivity index (χ2n) is 4.68. The summed E-state index contributed by atoms with van der Waals surface area (Å²) in [7, 11) is 2.02. The van der Waals surface area contributed by atoms with E-state index in [1.165, 1.54) is 0 Å². The van der Waals surface area contributed by atoms with E-state index in [-0.39, 0.29) is 11.5 Å². The van der Waals surface area contributed by atoms with Crippen LogP contribution >= 0.6 is 15.9 Å². The first-order valence-corrected chi connectivity index (χ1v) is 6.72. The topological polar surface area (TPSA) is 23.6 Å². The van der Waals surface area contributed by atoms with Gasteiger partial charge < -0.3 is 9.80 Å². The summed E-state index contributed by atoms with van der Waals surface area (Å²) in [6.45, 7) is 4.64. The number of halogens is 2. The number of hydrogen-bond acceptors (Lipinski definition) is 2. The van der Waals surface area contributed by atoms with Gasteiger partial charge in [0.1, 0.15) is 5.82 Å². The number of rotatable bonds is 1. The van der Waals surface area contributed by atoms with Crippen LogP contribution in [-0.2, 0) is 0 Å². The summed E-state index contributed by atoms with van der Waals surface area (Å²) in [4.78, 5) is 16.1. The summed E-state index contributed by atoms with van der Waals surface area (Å²) >= 11 is 3.30. The van der Waals surface area contributed by atoms with Crippen molar-refractivity contribution < 1.29 is 9.18 Å². The van der Waals surface area contributed by atoms with E-state index >= 15 is 0 Å². The molecular weight excluding hydrogens is 299 g/mol. The van der Waals surface area contributed by atoms with Crippen molar-refractivity contribution in [3.8, 4) is 0 Å². The van der Waals surface area contributed by atoms with Crippen molar-refractivity contribution in [3.05, 3.63) is 33.5 Å². The lowest BCUT2D eigenvalue weighted by atomic mass is 10.1. The molecule has 0 atom stereocenters. The Morgan fingerprint density at radius 2 is 1.89 bits per heavy atom. The van der Waals surface area contributed by atoms with E-state index in [2.05, 4.69) is 20.8 Å². The van der Waals surface area contributed by atoms with Crippen LogP contribution in [0.1, 0.15) is 15.9 Å². The maximum absolute atomic E-state index is 14.0. The number of likely N-dealkylation sites (N-methyl/N-ethyl adjacent to an activating group) is 1. The Balaban J connectivity index is 2.23. The van der Waals surface area contributed by atoms with Crippen molar-refractivity contribution in [2.45, 2.75) is 6.92 Å². The number of aryl methyl sites for hydroxylation is 1. The molecule has 3 nitrogen and oxygen atoms in total. The van der Waals surface area contributed by atoms with Crippen LogP contribution in [0, 0.1) is 12.7 Å². The Bertz CT molecular complexity index is 470. The molecule has 0 bridgehead atoms. The quantitative estimate of drug-likeness (QED) is 0.794. The highest BCUT2D eigenvalue weighted by atomic mass is 79.9. The van der Waals surface area contributed by atoms with Crippen LogP contribution in [0.4, 0.5) is 4.39 Å². The van der Waals surface area contributed by atoms with Gasteiger partial charge in [0, 0.05) is 30.7 Å². The van der Waals surface area contributed by atoms with Gasteiger partial charge in [0.15, 0.2) is 0 Å². The van der Waals surface area contributed by atoms with E-state index < -0.39 is 5.82 Å². The van der Waals surface area contributed by atoms with Crippen molar-refractivity contribution in [1.82, 2.24) is 9.80 Å². The minimum absolute atomic E-state index is 0.159. The summed E-state index contributed by atoms with van der Waals surface area (Å²) < 4.78 is 14.7. The number of piperazine rings is 1. The van der Waals surface area contributed by atoms with Gasteiger partial charge in [-0.15, -0.1) is 0 Å². The molecule has 1 aliphatic rings. The second kappa shape index (κ2) is 5.36. The Hall–Kier alpha value is -0.940. The standard InChI is InChI=1S/C13H16BrFN2O/c1-9-7-10(14)8-11(12(9)15)13(18)17-5-3-16(2)4-6-17/h7-8H,3-6H2,1-2H3. The van der Waals surface area contributed by atoms with E-state index in [0.29, 0.717) is 18.7 Å². The highest BCUT2D eigenvalue weighted by Gasteiger charge is 2.23. The second-order valence-corrected chi connectivity index (χ2v) is 5.60. The number of benzene rings is 1. The molecule has 2 rings (SSSR count). The normalized spacial score (nSPS) is 17.0. The van der Waals surface area contributed by atoms with Gasteiger partial charge in [0.2, 0.25) is 0 Å². The Morgan fingerprint density at radius 3 is 2.50 bits per heavy atom. The average Bonchev–Trinajstić information content (AvgIpc) is 2.34. The Morgan fingerprint density at radius 1 is 1.28 bits per heavy atom. The van der Waals surface area contributed by atoms with Crippen molar-refractivity contribution in [1.29, 1.82) is 0 Å². The molecule has 1 aliphatic heterocycles. The number of carbonyl (C=O) groups excluding carboxylic acids is 1. The smallest absolute Gasteiger partial charge is 0.256 e. The number of hydrogen-bond donors (Lipinski definition) is 0. The Kier molecular flexibility index (Phi) is 4.02. The first-order chi connectivity index (χ1) is 8.49. The summed E-state index contributed by atoms with van der Waals surface area (Å²) in [5.41, 5.74) is 0.647. The molecule has 1 saturated heterocycles. The zero-order valence-corrected chi connectivity index (χ0v) is 12.1. The van der Waals surface area contributed by atoms with E-state index in [9.17, 15) is 9.18 Å².